The van der Waals surface area contributed by atoms with Crippen molar-refractivity contribution in [2.24, 2.45) is 0 Å². The van der Waals surface area contributed by atoms with Gasteiger partial charge in [-0.2, -0.15) is 11.3 Å². The van der Waals surface area contributed by atoms with Gasteiger partial charge in [-0.05, 0) is 48.4 Å². The molecule has 2 heterocycles. The fraction of sp³-hybridized carbons (Fsp3) is 0.200. The van der Waals surface area contributed by atoms with Gasteiger partial charge < -0.3 is 5.32 Å². The molecular weight excluding hydrogens is 254 g/mol. The van der Waals surface area contributed by atoms with E-state index < -0.39 is 0 Å². The van der Waals surface area contributed by atoms with E-state index in [1.807, 2.05) is 31.2 Å². The predicted molar refractivity (Wildman–Crippen MR) is 80.6 cm³/mol. The Hall–Kier alpha value is -1.94. The van der Waals surface area contributed by atoms with Gasteiger partial charge in [0.05, 0.1) is 22.8 Å². The summed E-state index contributed by atoms with van der Waals surface area (Å²) in [6.45, 7) is 4.13. The minimum Gasteiger partial charge on any atom is -0.362 e. The Morgan fingerprint density at radius 1 is 1.11 bits per heavy atom. The first-order chi connectivity index (χ1) is 9.24. The zero-order chi connectivity index (χ0) is 13.2. The van der Waals surface area contributed by atoms with Crippen molar-refractivity contribution in [2.75, 3.05) is 5.32 Å². The fourth-order valence-corrected chi connectivity index (χ4v) is 2.79. The Morgan fingerprint density at radius 2 is 1.84 bits per heavy atom. The molecule has 3 nitrogen and oxygen atoms in total. The quantitative estimate of drug-likeness (QED) is 0.775. The molecule has 1 aromatic carbocycles. The molecule has 0 aliphatic rings. The second-order valence-electron chi connectivity index (χ2n) is 4.57. The summed E-state index contributed by atoms with van der Waals surface area (Å²) in [5.74, 6) is 0.859. The molecule has 0 spiro atoms. The van der Waals surface area contributed by atoms with E-state index >= 15 is 0 Å². The molecule has 1 unspecified atom stereocenters. The van der Waals surface area contributed by atoms with Crippen LogP contribution in [0.3, 0.4) is 0 Å². The van der Waals surface area contributed by atoms with Crippen LogP contribution in [-0.4, -0.2) is 9.97 Å². The number of hydrogen-bond donors (Lipinski definition) is 1. The third-order valence-corrected chi connectivity index (χ3v) is 3.84. The van der Waals surface area contributed by atoms with Gasteiger partial charge >= 0.3 is 0 Å². The topological polar surface area (TPSA) is 37.8 Å². The molecule has 0 saturated carbocycles. The van der Waals surface area contributed by atoms with E-state index in [4.69, 9.17) is 0 Å². The standard InChI is InChI=1S/C15H15N3S/c1-10(12-7-8-19-9-12)17-15-11(2)16-13-5-3-4-6-14(13)18-15/h3-10H,1-2H3,(H,17,18). The summed E-state index contributed by atoms with van der Waals surface area (Å²) in [6, 6.07) is 10.3. The molecule has 0 aliphatic carbocycles. The maximum absolute atomic E-state index is 4.65. The number of para-hydroxylation sites is 2. The monoisotopic (exact) mass is 269 g/mol. The first-order valence-corrected chi connectivity index (χ1v) is 7.20. The highest BCUT2D eigenvalue weighted by Crippen LogP contribution is 2.23. The SMILES string of the molecule is Cc1nc2ccccc2nc1NC(C)c1ccsc1. The molecule has 0 bridgehead atoms. The lowest BCUT2D eigenvalue weighted by molar-refractivity contribution is 0.875. The molecule has 1 N–H and O–H groups in total. The van der Waals surface area contributed by atoms with Gasteiger partial charge in [-0.25, -0.2) is 9.97 Å². The summed E-state index contributed by atoms with van der Waals surface area (Å²) in [7, 11) is 0. The Balaban J connectivity index is 1.94. The molecule has 0 amide bonds. The minimum atomic E-state index is 0.236. The van der Waals surface area contributed by atoms with Crippen LogP contribution in [0.1, 0.15) is 24.2 Å². The van der Waals surface area contributed by atoms with Crippen molar-refractivity contribution < 1.29 is 0 Å². The van der Waals surface area contributed by atoms with Crippen LogP contribution >= 0.6 is 11.3 Å². The molecule has 0 aliphatic heterocycles. The second kappa shape index (κ2) is 4.97. The first-order valence-electron chi connectivity index (χ1n) is 6.26. The van der Waals surface area contributed by atoms with Gasteiger partial charge in [-0.3, -0.25) is 0 Å². The molecule has 2 aromatic heterocycles. The summed E-state index contributed by atoms with van der Waals surface area (Å²) in [5.41, 5.74) is 4.07. The first kappa shape index (κ1) is 12.1. The lowest BCUT2D eigenvalue weighted by Crippen LogP contribution is -2.09. The normalized spacial score (nSPS) is 12.5. The highest BCUT2D eigenvalue weighted by molar-refractivity contribution is 7.07. The maximum Gasteiger partial charge on any atom is 0.148 e. The number of thiophene rings is 1. The predicted octanol–water partition coefficient (Wildman–Crippen LogP) is 4.17. The van der Waals surface area contributed by atoms with Gasteiger partial charge in [-0.1, -0.05) is 12.1 Å². The number of fused-ring (bicyclic) bond motifs is 1. The smallest absolute Gasteiger partial charge is 0.148 e. The Bertz CT molecular complexity index is 692. The highest BCUT2D eigenvalue weighted by Gasteiger charge is 2.10. The number of aromatic nitrogens is 2. The summed E-state index contributed by atoms with van der Waals surface area (Å²) in [6.07, 6.45) is 0. The Morgan fingerprint density at radius 3 is 2.53 bits per heavy atom. The highest BCUT2D eigenvalue weighted by atomic mass is 32.1. The number of hydrogen-bond acceptors (Lipinski definition) is 4. The van der Waals surface area contributed by atoms with Gasteiger partial charge in [0.15, 0.2) is 0 Å². The van der Waals surface area contributed by atoms with Crippen LogP contribution in [0.2, 0.25) is 0 Å². The zero-order valence-electron chi connectivity index (χ0n) is 10.9. The van der Waals surface area contributed by atoms with E-state index in [1.165, 1.54) is 5.56 Å². The third-order valence-electron chi connectivity index (χ3n) is 3.14. The van der Waals surface area contributed by atoms with E-state index in [0.717, 1.165) is 22.5 Å². The van der Waals surface area contributed by atoms with E-state index in [-0.39, 0.29) is 6.04 Å². The molecule has 3 aromatic rings. The van der Waals surface area contributed by atoms with Crippen LogP contribution < -0.4 is 5.32 Å². The average Bonchev–Trinajstić information content (AvgIpc) is 2.93. The number of nitrogens with zero attached hydrogens (tertiary/aromatic N) is 2. The molecule has 0 radical (unpaired) electrons. The van der Waals surface area contributed by atoms with Crippen LogP contribution in [0.25, 0.3) is 11.0 Å². The molecule has 1 atom stereocenters. The van der Waals surface area contributed by atoms with Crippen molar-refractivity contribution in [3.63, 3.8) is 0 Å². The number of benzene rings is 1. The van der Waals surface area contributed by atoms with Gasteiger partial charge in [0, 0.05) is 0 Å². The van der Waals surface area contributed by atoms with E-state index in [2.05, 4.69) is 39.0 Å². The van der Waals surface area contributed by atoms with Crippen molar-refractivity contribution >= 4 is 28.2 Å². The molecule has 0 fully saturated rings. The molecule has 3 rings (SSSR count). The molecule has 0 saturated heterocycles. The summed E-state index contributed by atoms with van der Waals surface area (Å²) in [4.78, 5) is 9.24. The summed E-state index contributed by atoms with van der Waals surface area (Å²) >= 11 is 1.71. The Kier molecular flexibility index (Phi) is 3.17. The third kappa shape index (κ3) is 2.44. The van der Waals surface area contributed by atoms with Crippen LogP contribution in [0.15, 0.2) is 41.1 Å². The van der Waals surface area contributed by atoms with E-state index in [1.54, 1.807) is 11.3 Å². The van der Waals surface area contributed by atoms with Crippen molar-refractivity contribution in [1.82, 2.24) is 9.97 Å². The Labute approximate surface area is 116 Å². The molecule has 96 valence electrons. The van der Waals surface area contributed by atoms with Crippen LogP contribution in [0, 0.1) is 6.92 Å². The number of nitrogens with one attached hydrogen (secondary N) is 1. The number of rotatable bonds is 3. The second-order valence-corrected chi connectivity index (χ2v) is 5.35. The number of anilines is 1. The van der Waals surface area contributed by atoms with Crippen molar-refractivity contribution in [3.05, 3.63) is 52.3 Å². The van der Waals surface area contributed by atoms with E-state index in [9.17, 15) is 0 Å². The molecule has 4 heteroatoms. The maximum atomic E-state index is 4.65. The van der Waals surface area contributed by atoms with Gasteiger partial charge in [0.2, 0.25) is 0 Å². The summed E-state index contributed by atoms with van der Waals surface area (Å²) in [5, 5.41) is 7.68. The van der Waals surface area contributed by atoms with Crippen LogP contribution in [0.5, 0.6) is 0 Å². The average molecular weight is 269 g/mol. The van der Waals surface area contributed by atoms with Crippen LogP contribution in [0.4, 0.5) is 5.82 Å². The van der Waals surface area contributed by atoms with E-state index in [0.29, 0.717) is 0 Å². The number of aryl methyl sites for hydroxylation is 1. The summed E-state index contributed by atoms with van der Waals surface area (Å²) < 4.78 is 0. The molecule has 19 heavy (non-hydrogen) atoms. The largest absolute Gasteiger partial charge is 0.362 e. The minimum absolute atomic E-state index is 0.236. The zero-order valence-corrected chi connectivity index (χ0v) is 11.7. The van der Waals surface area contributed by atoms with Crippen molar-refractivity contribution in [3.8, 4) is 0 Å². The fourth-order valence-electron chi connectivity index (χ4n) is 2.03. The van der Waals surface area contributed by atoms with Crippen molar-refractivity contribution in [1.29, 1.82) is 0 Å². The van der Waals surface area contributed by atoms with Gasteiger partial charge in [0.25, 0.3) is 0 Å². The van der Waals surface area contributed by atoms with Crippen LogP contribution in [-0.2, 0) is 0 Å². The van der Waals surface area contributed by atoms with Gasteiger partial charge in [0.1, 0.15) is 5.82 Å². The lowest BCUT2D eigenvalue weighted by atomic mass is 10.2. The van der Waals surface area contributed by atoms with Gasteiger partial charge in [-0.15, -0.1) is 0 Å². The lowest BCUT2D eigenvalue weighted by Gasteiger charge is -2.15. The van der Waals surface area contributed by atoms with Crippen molar-refractivity contribution in [2.45, 2.75) is 19.9 Å². The molecular formula is C15H15N3S.